The number of nitrogens with one attached hydrogen (secondary N) is 1. The van der Waals surface area contributed by atoms with Crippen molar-refractivity contribution in [2.75, 3.05) is 6.54 Å². The number of aromatic carboxylic acids is 1. The highest BCUT2D eigenvalue weighted by molar-refractivity contribution is 6.31. The Balaban J connectivity index is 1.63. The van der Waals surface area contributed by atoms with Crippen molar-refractivity contribution in [3.63, 3.8) is 0 Å². The molecule has 4 nitrogen and oxygen atoms in total. The highest BCUT2D eigenvalue weighted by Gasteiger charge is 2.05. The minimum atomic E-state index is -0.902. The fourth-order valence-electron chi connectivity index (χ4n) is 2.68. The minimum absolute atomic E-state index is 0.317. The summed E-state index contributed by atoms with van der Waals surface area (Å²) in [6.07, 6.45) is 2.53. The molecule has 0 amide bonds. The molecular weight excluding hydrogens is 324 g/mol. The molecule has 0 fully saturated rings. The summed E-state index contributed by atoms with van der Waals surface area (Å²) in [7, 11) is 0. The number of hydrogen-bond acceptors (Lipinski definition) is 3. The maximum Gasteiger partial charge on any atom is 0.335 e. The van der Waals surface area contributed by atoms with Gasteiger partial charge in [0.1, 0.15) is 0 Å². The lowest BCUT2D eigenvalue weighted by Gasteiger charge is -2.09. The van der Waals surface area contributed by atoms with Gasteiger partial charge < -0.3 is 10.4 Å². The summed E-state index contributed by atoms with van der Waals surface area (Å²) in [5.41, 5.74) is 3.31. The minimum Gasteiger partial charge on any atom is -0.478 e. The first-order chi connectivity index (χ1) is 11.6. The van der Waals surface area contributed by atoms with Gasteiger partial charge in [0, 0.05) is 23.2 Å². The standard InChI is InChI=1S/C19H17ClN2O2/c20-17-10-14-5-2-7-22-18(14)16(11-17)12-21-8-6-13-3-1-4-15(9-13)19(23)24/h1-5,7,9-11,21H,6,8,12H2,(H,23,24). The van der Waals surface area contributed by atoms with Gasteiger partial charge in [-0.05, 0) is 54.4 Å². The molecule has 1 heterocycles. The second kappa shape index (κ2) is 7.43. The largest absolute Gasteiger partial charge is 0.478 e. The van der Waals surface area contributed by atoms with Crippen molar-refractivity contribution in [3.05, 3.63) is 76.4 Å². The average molecular weight is 341 g/mol. The monoisotopic (exact) mass is 340 g/mol. The quantitative estimate of drug-likeness (QED) is 0.668. The van der Waals surface area contributed by atoms with Gasteiger partial charge in [-0.1, -0.05) is 29.8 Å². The van der Waals surface area contributed by atoms with E-state index in [2.05, 4.69) is 10.3 Å². The Morgan fingerprint density at radius 1 is 1.17 bits per heavy atom. The van der Waals surface area contributed by atoms with E-state index in [0.29, 0.717) is 17.1 Å². The number of rotatable bonds is 6. The molecule has 0 saturated carbocycles. The van der Waals surface area contributed by atoms with Crippen LogP contribution in [0.25, 0.3) is 10.9 Å². The van der Waals surface area contributed by atoms with Gasteiger partial charge in [0.05, 0.1) is 11.1 Å². The third-order valence-electron chi connectivity index (χ3n) is 3.83. The van der Waals surface area contributed by atoms with Crippen LogP contribution in [-0.2, 0) is 13.0 Å². The first-order valence-corrected chi connectivity index (χ1v) is 8.07. The number of nitrogens with zero attached hydrogens (tertiary/aromatic N) is 1. The Labute approximate surface area is 145 Å². The van der Waals surface area contributed by atoms with E-state index >= 15 is 0 Å². The third-order valence-corrected chi connectivity index (χ3v) is 4.05. The van der Waals surface area contributed by atoms with Crippen molar-refractivity contribution >= 4 is 28.5 Å². The lowest BCUT2D eigenvalue weighted by atomic mass is 10.1. The molecule has 0 radical (unpaired) electrons. The molecule has 5 heteroatoms. The summed E-state index contributed by atoms with van der Waals surface area (Å²) < 4.78 is 0. The van der Waals surface area contributed by atoms with Crippen molar-refractivity contribution in [2.45, 2.75) is 13.0 Å². The average Bonchev–Trinajstić information content (AvgIpc) is 2.58. The lowest BCUT2D eigenvalue weighted by molar-refractivity contribution is 0.0696. The number of hydrogen-bond donors (Lipinski definition) is 2. The van der Waals surface area contributed by atoms with E-state index in [9.17, 15) is 4.79 Å². The Morgan fingerprint density at radius 2 is 2.04 bits per heavy atom. The van der Waals surface area contributed by atoms with Crippen molar-refractivity contribution in [3.8, 4) is 0 Å². The maximum atomic E-state index is 11.0. The van der Waals surface area contributed by atoms with Crippen LogP contribution in [0.3, 0.4) is 0 Å². The summed E-state index contributed by atoms with van der Waals surface area (Å²) in [5.74, 6) is -0.902. The second-order valence-corrected chi connectivity index (χ2v) is 6.01. The Bertz CT molecular complexity index is 880. The van der Waals surface area contributed by atoms with Crippen LogP contribution >= 0.6 is 11.6 Å². The van der Waals surface area contributed by atoms with E-state index in [4.69, 9.17) is 16.7 Å². The molecule has 2 N–H and O–H groups in total. The van der Waals surface area contributed by atoms with Gasteiger partial charge in [-0.2, -0.15) is 0 Å². The van der Waals surface area contributed by atoms with Crippen LogP contribution in [0, 0.1) is 0 Å². The van der Waals surface area contributed by atoms with Crippen LogP contribution < -0.4 is 5.32 Å². The molecule has 2 aromatic carbocycles. The number of carbonyl (C=O) groups is 1. The summed E-state index contributed by atoms with van der Waals surface area (Å²) >= 11 is 6.17. The van der Waals surface area contributed by atoms with Crippen molar-refractivity contribution in [2.24, 2.45) is 0 Å². The molecule has 0 saturated heterocycles. The summed E-state index contributed by atoms with van der Waals surface area (Å²) in [5, 5.41) is 14.1. The molecule has 0 spiro atoms. The highest BCUT2D eigenvalue weighted by Crippen LogP contribution is 2.22. The number of carboxylic acid groups (broad SMARTS) is 1. The molecule has 0 aliphatic heterocycles. The number of benzene rings is 2. The Morgan fingerprint density at radius 3 is 2.88 bits per heavy atom. The van der Waals surface area contributed by atoms with E-state index in [-0.39, 0.29) is 0 Å². The number of halogens is 1. The van der Waals surface area contributed by atoms with Gasteiger partial charge in [-0.15, -0.1) is 0 Å². The van der Waals surface area contributed by atoms with Crippen molar-refractivity contribution in [1.82, 2.24) is 10.3 Å². The van der Waals surface area contributed by atoms with E-state index in [1.165, 1.54) is 0 Å². The van der Waals surface area contributed by atoms with Crippen LogP contribution in [0.2, 0.25) is 5.02 Å². The molecule has 1 aromatic heterocycles. The van der Waals surface area contributed by atoms with Crippen molar-refractivity contribution in [1.29, 1.82) is 0 Å². The van der Waals surface area contributed by atoms with Crippen molar-refractivity contribution < 1.29 is 9.90 Å². The van der Waals surface area contributed by atoms with Crippen LogP contribution in [0.1, 0.15) is 21.5 Å². The molecule has 3 aromatic rings. The second-order valence-electron chi connectivity index (χ2n) is 5.57. The van der Waals surface area contributed by atoms with E-state index in [0.717, 1.165) is 35.0 Å². The zero-order chi connectivity index (χ0) is 16.9. The smallest absolute Gasteiger partial charge is 0.335 e. The molecule has 24 heavy (non-hydrogen) atoms. The zero-order valence-electron chi connectivity index (χ0n) is 13.0. The molecule has 0 atom stereocenters. The number of carboxylic acids is 1. The first kappa shape index (κ1) is 16.4. The molecular formula is C19H17ClN2O2. The molecule has 0 bridgehead atoms. The normalized spacial score (nSPS) is 10.9. The van der Waals surface area contributed by atoms with Gasteiger partial charge in [0.25, 0.3) is 0 Å². The topological polar surface area (TPSA) is 62.2 Å². The maximum absolute atomic E-state index is 11.0. The zero-order valence-corrected chi connectivity index (χ0v) is 13.8. The van der Waals surface area contributed by atoms with Gasteiger partial charge in [0.15, 0.2) is 0 Å². The number of fused-ring (bicyclic) bond motifs is 1. The van der Waals surface area contributed by atoms with Crippen LogP contribution in [0.5, 0.6) is 0 Å². The Hall–Kier alpha value is -2.43. The number of pyridine rings is 1. The molecule has 0 aliphatic carbocycles. The van der Waals surface area contributed by atoms with E-state index in [1.54, 1.807) is 24.4 Å². The van der Waals surface area contributed by atoms with E-state index < -0.39 is 5.97 Å². The fourth-order valence-corrected chi connectivity index (χ4v) is 2.93. The third kappa shape index (κ3) is 3.91. The van der Waals surface area contributed by atoms with Gasteiger partial charge >= 0.3 is 5.97 Å². The van der Waals surface area contributed by atoms with Gasteiger partial charge in [-0.25, -0.2) is 4.79 Å². The predicted molar refractivity (Wildman–Crippen MR) is 95.6 cm³/mol. The van der Waals surface area contributed by atoms with Crippen LogP contribution in [-0.4, -0.2) is 22.6 Å². The molecule has 3 rings (SSSR count). The van der Waals surface area contributed by atoms with E-state index in [1.807, 2.05) is 30.3 Å². The summed E-state index contributed by atoms with van der Waals surface area (Å²) in [4.78, 5) is 15.4. The molecule has 122 valence electrons. The lowest BCUT2D eigenvalue weighted by Crippen LogP contribution is -2.17. The van der Waals surface area contributed by atoms with Gasteiger partial charge in [-0.3, -0.25) is 4.98 Å². The SMILES string of the molecule is O=C(O)c1cccc(CCNCc2cc(Cl)cc3cccnc23)c1. The van der Waals surface area contributed by atoms with Crippen LogP contribution in [0.4, 0.5) is 0 Å². The van der Waals surface area contributed by atoms with Gasteiger partial charge in [0.2, 0.25) is 0 Å². The first-order valence-electron chi connectivity index (χ1n) is 7.69. The fraction of sp³-hybridized carbons (Fsp3) is 0.158. The Kier molecular flexibility index (Phi) is 5.08. The predicted octanol–water partition coefficient (Wildman–Crippen LogP) is 3.92. The summed E-state index contributed by atoms with van der Waals surface area (Å²) in [6, 6.07) is 14.7. The highest BCUT2D eigenvalue weighted by atomic mass is 35.5. The summed E-state index contributed by atoms with van der Waals surface area (Å²) in [6.45, 7) is 1.40. The number of aromatic nitrogens is 1. The molecule has 0 unspecified atom stereocenters. The van der Waals surface area contributed by atoms with Crippen LogP contribution in [0.15, 0.2) is 54.7 Å². The molecule has 0 aliphatic rings.